The van der Waals surface area contributed by atoms with E-state index in [0.29, 0.717) is 11.4 Å². The minimum absolute atomic E-state index is 0.182. The lowest BCUT2D eigenvalue weighted by atomic mass is 9.87. The number of anilines is 1. The molecule has 9 nitrogen and oxygen atoms in total. The van der Waals surface area contributed by atoms with Crippen LogP contribution in [0.2, 0.25) is 5.02 Å². The van der Waals surface area contributed by atoms with Gasteiger partial charge in [0.2, 0.25) is 10.8 Å². The summed E-state index contributed by atoms with van der Waals surface area (Å²) >= 11 is 6.42. The Labute approximate surface area is 195 Å². The van der Waals surface area contributed by atoms with Crippen molar-refractivity contribution in [3.05, 3.63) is 16.7 Å². The molecule has 0 aromatic heterocycles. The molecule has 5 unspecified atom stereocenters. The highest BCUT2D eigenvalue weighted by atomic mass is 35.5. The maximum atomic E-state index is 13.6. The molecule has 13 heteroatoms. The Balaban J connectivity index is 1.80. The minimum Gasteiger partial charge on any atom is -0.491 e. The van der Waals surface area contributed by atoms with Crippen molar-refractivity contribution in [3.63, 3.8) is 0 Å². The smallest absolute Gasteiger partial charge is 0.263 e. The molecule has 4 saturated heterocycles. The van der Waals surface area contributed by atoms with Crippen molar-refractivity contribution in [2.45, 2.75) is 28.8 Å². The fourth-order valence-electron chi connectivity index (χ4n) is 5.16. The first kappa shape index (κ1) is 21.7. The van der Waals surface area contributed by atoms with Crippen molar-refractivity contribution >= 4 is 60.5 Å². The van der Waals surface area contributed by atoms with Crippen molar-refractivity contribution in [1.82, 2.24) is 9.80 Å². The molecular formula is C18H20ClN3O6S3. The maximum Gasteiger partial charge on any atom is 0.263 e. The molecule has 2 amide bonds. The number of nitrogens with zero attached hydrogens (tertiary/aromatic N) is 3. The predicted octanol–water partition coefficient (Wildman–Crippen LogP) is 1.10. The summed E-state index contributed by atoms with van der Waals surface area (Å²) in [6.07, 6.45) is -2.64. The zero-order valence-electron chi connectivity index (χ0n) is 17.0. The monoisotopic (exact) mass is 505 g/mol. The maximum absolute atomic E-state index is 13.6. The van der Waals surface area contributed by atoms with E-state index in [0.717, 1.165) is 10.8 Å². The van der Waals surface area contributed by atoms with E-state index >= 15 is 0 Å². The molecule has 5 heterocycles. The van der Waals surface area contributed by atoms with E-state index in [4.69, 9.17) is 21.1 Å². The first-order valence-electron chi connectivity index (χ1n) is 9.33. The summed E-state index contributed by atoms with van der Waals surface area (Å²) in [5.41, 5.74) is -1.25. The van der Waals surface area contributed by atoms with E-state index in [2.05, 4.69) is 0 Å². The zero-order valence-corrected chi connectivity index (χ0v) is 20.2. The number of aliphatic hydroxyl groups excluding tert-OH is 1. The van der Waals surface area contributed by atoms with Crippen LogP contribution in [-0.2, 0) is 15.2 Å². The van der Waals surface area contributed by atoms with Gasteiger partial charge >= 0.3 is 0 Å². The molecule has 5 atom stereocenters. The van der Waals surface area contributed by atoms with Gasteiger partial charge in [0.1, 0.15) is 18.3 Å². The van der Waals surface area contributed by atoms with Gasteiger partial charge in [0, 0.05) is 25.4 Å². The lowest BCUT2D eigenvalue weighted by Gasteiger charge is -2.51. The summed E-state index contributed by atoms with van der Waals surface area (Å²) in [4.78, 5) is 29.9. The first-order valence-corrected chi connectivity index (χ1v) is 13.4. The Hall–Kier alpha value is -1.18. The molecule has 2 bridgehead atoms. The van der Waals surface area contributed by atoms with E-state index in [1.807, 2.05) is 0 Å². The molecule has 4 fully saturated rings. The van der Waals surface area contributed by atoms with Gasteiger partial charge < -0.3 is 29.5 Å². The summed E-state index contributed by atoms with van der Waals surface area (Å²) < 4.78 is 10.9. The van der Waals surface area contributed by atoms with Crippen LogP contribution in [0.5, 0.6) is 11.5 Å². The molecule has 1 aromatic rings. The number of likely N-dealkylation sites (N-methyl/N-ethyl adjacent to an activating group) is 2. The normalized spacial score (nSPS) is 36.2. The van der Waals surface area contributed by atoms with Crippen molar-refractivity contribution in [1.29, 1.82) is 0 Å². The average Bonchev–Trinajstić information content (AvgIpc) is 3.07. The second-order valence-corrected chi connectivity index (χ2v) is 12.5. The van der Waals surface area contributed by atoms with Gasteiger partial charge in [0.15, 0.2) is 17.1 Å². The van der Waals surface area contributed by atoms with Crippen molar-refractivity contribution in [2.75, 3.05) is 39.0 Å². The fourth-order valence-corrected chi connectivity index (χ4v) is 10.5. The van der Waals surface area contributed by atoms with E-state index in [-0.39, 0.29) is 28.0 Å². The van der Waals surface area contributed by atoms with E-state index in [9.17, 15) is 19.8 Å². The predicted molar refractivity (Wildman–Crippen MR) is 120 cm³/mol. The van der Waals surface area contributed by atoms with Crippen molar-refractivity contribution < 1.29 is 29.3 Å². The molecule has 5 aliphatic heterocycles. The van der Waals surface area contributed by atoms with E-state index in [1.165, 1.54) is 50.7 Å². The van der Waals surface area contributed by atoms with Crippen LogP contribution in [0.1, 0.15) is 5.56 Å². The third-order valence-corrected chi connectivity index (χ3v) is 11.4. The van der Waals surface area contributed by atoms with Crippen LogP contribution >= 0.6 is 43.0 Å². The summed E-state index contributed by atoms with van der Waals surface area (Å²) in [7, 11) is 10.0. The van der Waals surface area contributed by atoms with Crippen LogP contribution in [0.15, 0.2) is 6.07 Å². The third-order valence-electron chi connectivity index (χ3n) is 6.56. The molecule has 1 aromatic carbocycles. The Morgan fingerprint density at radius 1 is 1.19 bits per heavy atom. The van der Waals surface area contributed by atoms with Gasteiger partial charge in [-0.15, -0.1) is 0 Å². The number of aliphatic hydroxyl groups is 2. The number of ether oxygens (including phenoxy) is 2. The second-order valence-electron chi connectivity index (χ2n) is 7.81. The summed E-state index contributed by atoms with van der Waals surface area (Å²) in [5, 5.41) is 23.8. The van der Waals surface area contributed by atoms with Crippen LogP contribution in [0.25, 0.3) is 0 Å². The zero-order chi connectivity index (χ0) is 22.5. The van der Waals surface area contributed by atoms with Gasteiger partial charge in [-0.2, -0.15) is 0 Å². The number of halogens is 1. The molecular weight excluding hydrogens is 486 g/mol. The van der Waals surface area contributed by atoms with E-state index < -0.39 is 34.7 Å². The number of carbonyl (C=O) groups excluding carboxylic acids is 2. The largest absolute Gasteiger partial charge is 0.491 e. The van der Waals surface area contributed by atoms with Gasteiger partial charge in [-0.25, -0.2) is 0 Å². The van der Waals surface area contributed by atoms with Crippen LogP contribution in [0.3, 0.4) is 0 Å². The molecule has 168 valence electrons. The average molecular weight is 506 g/mol. The lowest BCUT2D eigenvalue weighted by molar-refractivity contribution is -0.163. The van der Waals surface area contributed by atoms with E-state index in [1.54, 1.807) is 19.0 Å². The van der Waals surface area contributed by atoms with Crippen LogP contribution in [0.4, 0.5) is 5.69 Å². The molecule has 1 spiro atoms. The third kappa shape index (κ3) is 2.31. The molecule has 2 N–H and O–H groups in total. The Morgan fingerprint density at radius 3 is 2.52 bits per heavy atom. The summed E-state index contributed by atoms with van der Waals surface area (Å²) in [5.74, 6) is 0.236. The molecule has 5 aliphatic rings. The number of carbonyl (C=O) groups is 2. The number of hydrogen-bond acceptors (Lipinski definition) is 10. The second kappa shape index (κ2) is 6.91. The highest BCUT2D eigenvalue weighted by molar-refractivity contribution is 9.09. The highest BCUT2D eigenvalue weighted by Gasteiger charge is 2.79. The summed E-state index contributed by atoms with van der Waals surface area (Å²) in [6.45, 7) is 0. The molecule has 0 radical (unpaired) electrons. The quantitative estimate of drug-likeness (QED) is 0.568. The van der Waals surface area contributed by atoms with Gasteiger partial charge in [-0.3, -0.25) is 14.5 Å². The fraction of sp³-hybridized carbons (Fsp3) is 0.556. The Morgan fingerprint density at radius 2 is 1.87 bits per heavy atom. The van der Waals surface area contributed by atoms with Crippen LogP contribution < -0.4 is 14.4 Å². The van der Waals surface area contributed by atoms with Gasteiger partial charge in [-0.05, 0) is 26.7 Å². The first-order chi connectivity index (χ1) is 14.7. The molecule has 0 aliphatic carbocycles. The number of fused-ring (bicyclic) bond motifs is 7. The van der Waals surface area contributed by atoms with Crippen LogP contribution in [0, 0.1) is 0 Å². The highest BCUT2D eigenvalue weighted by Crippen LogP contribution is 2.66. The number of benzene rings is 1. The van der Waals surface area contributed by atoms with Gasteiger partial charge in [-0.1, -0.05) is 22.4 Å². The Bertz CT molecular complexity index is 1020. The number of amides is 2. The number of piperazine rings is 1. The number of hydrogen-bond donors (Lipinski definition) is 2. The SMILES string of the molecule is COc1c(Cl)cc2c(c1OC)N(C)C1N3C(=O)C4CSSSC3(C(=O)N4C)C(O)C21O. The standard InChI is InChI=1S/C18H20ClN3O6S3/c1-20-9-6-29-31-30-18(16(20)25)14(24)17(26)7-5-8(19)11(27-3)12(28-4)10(7)21(2)15(17)22(18)13(9)23/h5,9,14-15,24,26H,6H2,1-4H3. The Kier molecular flexibility index (Phi) is 4.83. The molecule has 0 saturated carbocycles. The topological polar surface area (TPSA) is 103 Å². The minimum atomic E-state index is -1.98. The molecule has 6 rings (SSSR count). The number of rotatable bonds is 2. The lowest BCUT2D eigenvalue weighted by Crippen LogP contribution is -2.72. The van der Waals surface area contributed by atoms with Gasteiger partial charge in [0.25, 0.3) is 5.91 Å². The van der Waals surface area contributed by atoms with Crippen LogP contribution in [-0.4, -0.2) is 89.1 Å². The molecule has 31 heavy (non-hydrogen) atoms. The van der Waals surface area contributed by atoms with Crippen molar-refractivity contribution in [3.8, 4) is 11.5 Å². The summed E-state index contributed by atoms with van der Waals surface area (Å²) in [6, 6.07) is 0.817. The van der Waals surface area contributed by atoms with Gasteiger partial charge in [0.05, 0.1) is 24.9 Å². The van der Waals surface area contributed by atoms with Crippen molar-refractivity contribution in [2.24, 2.45) is 0 Å². The number of methoxy groups -OCH3 is 2.